The lowest BCUT2D eigenvalue weighted by atomic mass is 10.2. The largest absolute Gasteiger partial charge is 0.332 e. The van der Waals surface area contributed by atoms with Crippen LogP contribution in [-0.2, 0) is 10.0 Å². The molecule has 5 nitrogen and oxygen atoms in total. The molecule has 0 aliphatic carbocycles. The van der Waals surface area contributed by atoms with Gasteiger partial charge in [-0.2, -0.15) is 4.31 Å². The van der Waals surface area contributed by atoms with Crippen LogP contribution >= 0.6 is 12.2 Å². The van der Waals surface area contributed by atoms with Crippen molar-refractivity contribution in [1.82, 2.24) is 4.31 Å². The van der Waals surface area contributed by atoms with E-state index in [4.69, 9.17) is 12.2 Å². The summed E-state index contributed by atoms with van der Waals surface area (Å²) in [4.78, 5) is 0.218. The van der Waals surface area contributed by atoms with E-state index in [1.165, 1.54) is 22.5 Å². The number of hydrogen-bond donors (Lipinski definition) is 2. The van der Waals surface area contributed by atoms with E-state index in [2.05, 4.69) is 10.6 Å². The van der Waals surface area contributed by atoms with E-state index in [9.17, 15) is 12.8 Å². The third-order valence-corrected chi connectivity index (χ3v) is 6.10. The van der Waals surface area contributed by atoms with E-state index in [1.54, 1.807) is 45.0 Å². The molecule has 0 heterocycles. The lowest BCUT2D eigenvalue weighted by Gasteiger charge is -2.18. The Morgan fingerprint density at radius 2 is 1.69 bits per heavy atom. The van der Waals surface area contributed by atoms with Crippen LogP contribution in [0.5, 0.6) is 0 Å². The SMILES string of the molecule is CCN(CC)S(=O)(=O)c1ccc(NC(=S)Nc2ccc(C)cc2F)cc1. The summed E-state index contributed by atoms with van der Waals surface area (Å²) in [5.41, 5.74) is 1.69. The summed E-state index contributed by atoms with van der Waals surface area (Å²) >= 11 is 5.18. The van der Waals surface area contributed by atoms with Crippen molar-refractivity contribution in [2.75, 3.05) is 23.7 Å². The molecule has 0 saturated carbocycles. The number of thiocarbonyl (C=S) groups is 1. The van der Waals surface area contributed by atoms with E-state index in [0.717, 1.165) is 5.56 Å². The fourth-order valence-corrected chi connectivity index (χ4v) is 4.11. The Labute approximate surface area is 159 Å². The van der Waals surface area contributed by atoms with Gasteiger partial charge in [-0.1, -0.05) is 19.9 Å². The van der Waals surface area contributed by atoms with Gasteiger partial charge in [-0.25, -0.2) is 12.8 Å². The summed E-state index contributed by atoms with van der Waals surface area (Å²) < 4.78 is 40.2. The minimum Gasteiger partial charge on any atom is -0.332 e. The number of nitrogens with one attached hydrogen (secondary N) is 2. The van der Waals surface area contributed by atoms with Crippen molar-refractivity contribution in [2.24, 2.45) is 0 Å². The molecule has 0 amide bonds. The Kier molecular flexibility index (Phi) is 6.69. The summed E-state index contributed by atoms with van der Waals surface area (Å²) in [5.74, 6) is -0.394. The van der Waals surface area contributed by atoms with Gasteiger partial charge in [-0.3, -0.25) is 0 Å². The van der Waals surface area contributed by atoms with Crippen molar-refractivity contribution in [3.05, 3.63) is 53.8 Å². The molecule has 0 bridgehead atoms. The third-order valence-electron chi connectivity index (χ3n) is 3.83. The third kappa shape index (κ3) is 4.78. The predicted octanol–water partition coefficient (Wildman–Crippen LogP) is 3.97. The van der Waals surface area contributed by atoms with Crippen LogP contribution < -0.4 is 10.6 Å². The van der Waals surface area contributed by atoms with Gasteiger partial charge >= 0.3 is 0 Å². The summed E-state index contributed by atoms with van der Waals surface area (Å²) in [6.45, 7) is 6.22. The van der Waals surface area contributed by atoms with Crippen LogP contribution in [0.3, 0.4) is 0 Å². The molecule has 0 radical (unpaired) electrons. The zero-order valence-electron chi connectivity index (χ0n) is 14.9. The van der Waals surface area contributed by atoms with Gasteiger partial charge in [-0.05, 0) is 61.1 Å². The Bertz CT molecular complexity index is 880. The number of benzene rings is 2. The lowest BCUT2D eigenvalue weighted by Crippen LogP contribution is -2.30. The first-order valence-electron chi connectivity index (χ1n) is 8.22. The summed E-state index contributed by atoms with van der Waals surface area (Å²) in [5, 5.41) is 5.91. The van der Waals surface area contributed by atoms with Crippen molar-refractivity contribution in [1.29, 1.82) is 0 Å². The van der Waals surface area contributed by atoms with Gasteiger partial charge in [0.15, 0.2) is 5.11 Å². The maximum Gasteiger partial charge on any atom is 0.243 e. The number of aryl methyl sites for hydroxylation is 1. The Morgan fingerprint density at radius 1 is 1.08 bits per heavy atom. The monoisotopic (exact) mass is 395 g/mol. The van der Waals surface area contributed by atoms with Gasteiger partial charge in [-0.15, -0.1) is 0 Å². The van der Waals surface area contributed by atoms with Crippen LogP contribution in [-0.4, -0.2) is 30.9 Å². The predicted molar refractivity (Wildman–Crippen MR) is 108 cm³/mol. The normalized spacial score (nSPS) is 11.4. The van der Waals surface area contributed by atoms with E-state index in [0.29, 0.717) is 18.8 Å². The van der Waals surface area contributed by atoms with Gasteiger partial charge < -0.3 is 10.6 Å². The van der Waals surface area contributed by atoms with Gasteiger partial charge in [0.1, 0.15) is 5.82 Å². The minimum absolute atomic E-state index is 0.215. The number of halogens is 1. The second-order valence-corrected chi connectivity index (χ2v) is 8.02. The number of rotatable bonds is 6. The highest BCUT2D eigenvalue weighted by molar-refractivity contribution is 7.89. The zero-order chi connectivity index (χ0) is 19.3. The van der Waals surface area contributed by atoms with Crippen molar-refractivity contribution >= 4 is 38.7 Å². The van der Waals surface area contributed by atoms with Crippen molar-refractivity contribution in [3.8, 4) is 0 Å². The lowest BCUT2D eigenvalue weighted by molar-refractivity contribution is 0.445. The molecule has 0 aliphatic heterocycles. The molecule has 0 saturated heterocycles. The van der Waals surface area contributed by atoms with Crippen molar-refractivity contribution in [3.63, 3.8) is 0 Å². The molecule has 2 aromatic rings. The summed E-state index contributed by atoms with van der Waals surface area (Å²) in [6, 6.07) is 11.1. The average molecular weight is 396 g/mol. The van der Waals surface area contributed by atoms with E-state index >= 15 is 0 Å². The molecule has 0 fully saturated rings. The first-order valence-corrected chi connectivity index (χ1v) is 10.1. The molecule has 0 spiro atoms. The number of sulfonamides is 1. The van der Waals surface area contributed by atoms with Crippen LogP contribution in [0.25, 0.3) is 0 Å². The van der Waals surface area contributed by atoms with E-state index < -0.39 is 15.8 Å². The summed E-state index contributed by atoms with van der Waals surface area (Å²) in [7, 11) is -3.50. The zero-order valence-corrected chi connectivity index (χ0v) is 16.5. The highest BCUT2D eigenvalue weighted by Crippen LogP contribution is 2.19. The maximum atomic E-state index is 13.9. The standard InChI is InChI=1S/C18H22FN3O2S2/c1-4-22(5-2)26(23,24)15-9-7-14(8-10-15)20-18(25)21-17-11-6-13(3)12-16(17)19/h6-12H,4-5H2,1-3H3,(H2,20,21,25). The number of nitrogens with zero attached hydrogens (tertiary/aromatic N) is 1. The first-order chi connectivity index (χ1) is 12.3. The van der Waals surface area contributed by atoms with Crippen LogP contribution in [0.1, 0.15) is 19.4 Å². The fraction of sp³-hybridized carbons (Fsp3) is 0.278. The van der Waals surface area contributed by atoms with E-state index in [1.807, 2.05) is 0 Å². The second kappa shape index (κ2) is 8.57. The van der Waals surface area contributed by atoms with Crippen LogP contribution in [0.15, 0.2) is 47.4 Å². The number of hydrogen-bond acceptors (Lipinski definition) is 3. The molecule has 8 heteroatoms. The van der Waals surface area contributed by atoms with Crippen LogP contribution in [0.2, 0.25) is 0 Å². The Hall–Kier alpha value is -2.03. The molecule has 140 valence electrons. The van der Waals surface area contributed by atoms with Gasteiger partial charge in [0.25, 0.3) is 0 Å². The van der Waals surface area contributed by atoms with Crippen LogP contribution in [0.4, 0.5) is 15.8 Å². The first kappa shape index (κ1) is 20.3. The van der Waals surface area contributed by atoms with Crippen molar-refractivity contribution in [2.45, 2.75) is 25.7 Å². The topological polar surface area (TPSA) is 61.4 Å². The molecule has 2 rings (SSSR count). The number of anilines is 2. The smallest absolute Gasteiger partial charge is 0.243 e. The quantitative estimate of drug-likeness (QED) is 0.725. The Morgan fingerprint density at radius 3 is 2.23 bits per heavy atom. The fourth-order valence-electron chi connectivity index (χ4n) is 2.43. The Balaban J connectivity index is 2.08. The van der Waals surface area contributed by atoms with Crippen LogP contribution in [0, 0.1) is 12.7 Å². The molecule has 0 aliphatic rings. The van der Waals surface area contributed by atoms with Gasteiger partial charge in [0, 0.05) is 18.8 Å². The molecule has 2 N–H and O–H groups in total. The molecule has 0 unspecified atom stereocenters. The average Bonchev–Trinajstić information content (AvgIpc) is 2.59. The highest BCUT2D eigenvalue weighted by atomic mass is 32.2. The molecular formula is C18H22FN3O2S2. The highest BCUT2D eigenvalue weighted by Gasteiger charge is 2.21. The summed E-state index contributed by atoms with van der Waals surface area (Å²) in [6.07, 6.45) is 0. The molecule has 26 heavy (non-hydrogen) atoms. The molecule has 2 aromatic carbocycles. The van der Waals surface area contributed by atoms with Crippen molar-refractivity contribution < 1.29 is 12.8 Å². The van der Waals surface area contributed by atoms with E-state index in [-0.39, 0.29) is 15.7 Å². The van der Waals surface area contributed by atoms with Gasteiger partial charge in [0.2, 0.25) is 10.0 Å². The molecule has 0 aromatic heterocycles. The molecular weight excluding hydrogens is 373 g/mol. The second-order valence-electron chi connectivity index (χ2n) is 5.68. The van der Waals surface area contributed by atoms with Gasteiger partial charge in [0.05, 0.1) is 10.6 Å². The minimum atomic E-state index is -3.50. The molecule has 0 atom stereocenters. The maximum absolute atomic E-state index is 13.9.